The van der Waals surface area contributed by atoms with Gasteiger partial charge in [-0.1, -0.05) is 23.2 Å². The normalized spacial score (nSPS) is 10.1. The van der Waals surface area contributed by atoms with Crippen LogP contribution in [-0.2, 0) is 0 Å². The van der Waals surface area contributed by atoms with Gasteiger partial charge in [0.2, 0.25) is 0 Å². The maximum atomic E-state index is 12.1. The zero-order chi connectivity index (χ0) is 16.3. The lowest BCUT2D eigenvalue weighted by molar-refractivity contribution is -0.384. The van der Waals surface area contributed by atoms with E-state index in [-0.39, 0.29) is 16.4 Å². The number of amides is 1. The number of nitro groups is 1. The first-order valence-electron chi connectivity index (χ1n) is 6.01. The van der Waals surface area contributed by atoms with Crippen molar-refractivity contribution in [2.24, 2.45) is 0 Å². The number of hydrogen-bond acceptors (Lipinski definition) is 4. The predicted octanol–water partition coefficient (Wildman–Crippen LogP) is 4.16. The van der Waals surface area contributed by atoms with Gasteiger partial charge in [-0.3, -0.25) is 14.9 Å². The van der Waals surface area contributed by atoms with Crippen LogP contribution in [0.25, 0.3) is 0 Å². The number of hydrogen-bond donors (Lipinski definition) is 1. The molecule has 0 spiro atoms. The minimum absolute atomic E-state index is 0.0714. The summed E-state index contributed by atoms with van der Waals surface area (Å²) in [6.07, 6.45) is 0. The van der Waals surface area contributed by atoms with Crippen LogP contribution in [0, 0.1) is 10.1 Å². The molecule has 0 saturated heterocycles. The summed E-state index contributed by atoms with van der Waals surface area (Å²) >= 11 is 11.9. The Labute approximate surface area is 135 Å². The molecule has 2 rings (SSSR count). The average molecular weight is 341 g/mol. The third kappa shape index (κ3) is 3.47. The van der Waals surface area contributed by atoms with Crippen molar-refractivity contribution in [3.63, 3.8) is 0 Å². The fourth-order valence-corrected chi connectivity index (χ4v) is 2.20. The van der Waals surface area contributed by atoms with Crippen LogP contribution in [0.3, 0.4) is 0 Å². The SMILES string of the molecule is COc1ccc(C(=O)Nc2ccc([N+](=O)[O-])cc2Cl)cc1Cl. The average Bonchev–Trinajstić information content (AvgIpc) is 2.48. The molecule has 114 valence electrons. The van der Waals surface area contributed by atoms with Crippen LogP contribution >= 0.6 is 23.2 Å². The van der Waals surface area contributed by atoms with Gasteiger partial charge in [0.25, 0.3) is 11.6 Å². The first kappa shape index (κ1) is 16.1. The van der Waals surface area contributed by atoms with Gasteiger partial charge in [0.05, 0.1) is 27.8 Å². The van der Waals surface area contributed by atoms with Crippen molar-refractivity contribution in [2.45, 2.75) is 0 Å². The van der Waals surface area contributed by atoms with Crippen molar-refractivity contribution in [2.75, 3.05) is 12.4 Å². The van der Waals surface area contributed by atoms with E-state index in [1.807, 2.05) is 0 Å². The molecule has 8 heteroatoms. The molecule has 0 atom stereocenters. The van der Waals surface area contributed by atoms with E-state index in [1.165, 1.54) is 25.3 Å². The van der Waals surface area contributed by atoms with Crippen molar-refractivity contribution in [1.82, 2.24) is 0 Å². The summed E-state index contributed by atoms with van der Waals surface area (Å²) in [6, 6.07) is 8.34. The molecule has 1 amide bonds. The number of anilines is 1. The van der Waals surface area contributed by atoms with Crippen LogP contribution in [0.15, 0.2) is 36.4 Å². The van der Waals surface area contributed by atoms with Crippen LogP contribution in [-0.4, -0.2) is 17.9 Å². The number of benzene rings is 2. The number of halogens is 2. The van der Waals surface area contributed by atoms with Crippen molar-refractivity contribution in [3.05, 3.63) is 62.1 Å². The van der Waals surface area contributed by atoms with E-state index >= 15 is 0 Å². The molecule has 0 bridgehead atoms. The topological polar surface area (TPSA) is 81.5 Å². The third-order valence-corrected chi connectivity index (χ3v) is 3.43. The van der Waals surface area contributed by atoms with Gasteiger partial charge in [0.1, 0.15) is 5.75 Å². The minimum atomic E-state index is -0.569. The number of nitrogens with one attached hydrogen (secondary N) is 1. The molecule has 1 N–H and O–H groups in total. The van der Waals surface area contributed by atoms with Gasteiger partial charge in [-0.05, 0) is 24.3 Å². The smallest absolute Gasteiger partial charge is 0.271 e. The van der Waals surface area contributed by atoms with Gasteiger partial charge in [-0.25, -0.2) is 0 Å². The number of nitro benzene ring substituents is 1. The van der Waals surface area contributed by atoms with Crippen LogP contribution in [0.4, 0.5) is 11.4 Å². The van der Waals surface area contributed by atoms with E-state index in [2.05, 4.69) is 5.32 Å². The Hall–Kier alpha value is -2.31. The monoisotopic (exact) mass is 340 g/mol. The minimum Gasteiger partial charge on any atom is -0.495 e. The van der Waals surface area contributed by atoms with E-state index < -0.39 is 10.8 Å². The fraction of sp³-hybridized carbons (Fsp3) is 0.0714. The number of methoxy groups -OCH3 is 1. The van der Waals surface area contributed by atoms with Gasteiger partial charge >= 0.3 is 0 Å². The molecule has 6 nitrogen and oxygen atoms in total. The Morgan fingerprint density at radius 1 is 1.18 bits per heavy atom. The summed E-state index contributed by atoms with van der Waals surface area (Å²) in [7, 11) is 1.47. The zero-order valence-electron chi connectivity index (χ0n) is 11.3. The second kappa shape index (κ2) is 6.64. The van der Waals surface area contributed by atoms with Crippen LogP contribution < -0.4 is 10.1 Å². The van der Waals surface area contributed by atoms with Crippen LogP contribution in [0.5, 0.6) is 5.75 Å². The molecule has 0 heterocycles. The summed E-state index contributed by atoms with van der Waals surface area (Å²) in [5.74, 6) is 0.00638. The molecule has 2 aromatic carbocycles. The molecule has 0 aliphatic rings. The lowest BCUT2D eigenvalue weighted by atomic mass is 10.2. The molecule has 0 fully saturated rings. The van der Waals surface area contributed by atoms with Gasteiger partial charge < -0.3 is 10.1 Å². The Kier molecular flexibility index (Phi) is 4.85. The largest absolute Gasteiger partial charge is 0.495 e. The van der Waals surface area contributed by atoms with E-state index in [0.717, 1.165) is 6.07 Å². The Balaban J connectivity index is 2.22. The Morgan fingerprint density at radius 3 is 2.45 bits per heavy atom. The standard InChI is InChI=1S/C14H10Cl2N2O4/c1-22-13-5-2-8(6-11(13)16)14(19)17-12-4-3-9(18(20)21)7-10(12)15/h2-7H,1H3,(H,17,19). The van der Waals surface area contributed by atoms with Crippen molar-refractivity contribution < 1.29 is 14.5 Å². The summed E-state index contributed by atoms with van der Waals surface area (Å²) in [5, 5.41) is 13.6. The Bertz CT molecular complexity index is 750. The summed E-state index contributed by atoms with van der Waals surface area (Å²) in [4.78, 5) is 22.2. The Morgan fingerprint density at radius 2 is 1.91 bits per heavy atom. The number of non-ortho nitro benzene ring substituents is 1. The lowest BCUT2D eigenvalue weighted by Gasteiger charge is -2.09. The van der Waals surface area contributed by atoms with Gasteiger partial charge in [0.15, 0.2) is 0 Å². The number of carbonyl (C=O) groups excluding carboxylic acids is 1. The molecule has 22 heavy (non-hydrogen) atoms. The van der Waals surface area contributed by atoms with Gasteiger partial charge in [0, 0.05) is 17.7 Å². The summed E-state index contributed by atoms with van der Waals surface area (Å²) in [5.41, 5.74) is 0.417. The van der Waals surface area contributed by atoms with E-state index in [0.29, 0.717) is 16.3 Å². The van der Waals surface area contributed by atoms with E-state index in [1.54, 1.807) is 12.1 Å². The predicted molar refractivity (Wildman–Crippen MR) is 84.1 cm³/mol. The third-order valence-electron chi connectivity index (χ3n) is 2.83. The molecule has 0 aromatic heterocycles. The zero-order valence-corrected chi connectivity index (χ0v) is 12.8. The molecular formula is C14H10Cl2N2O4. The molecule has 2 aromatic rings. The highest BCUT2D eigenvalue weighted by molar-refractivity contribution is 6.34. The van der Waals surface area contributed by atoms with Crippen molar-refractivity contribution in [3.8, 4) is 5.75 Å². The van der Waals surface area contributed by atoms with Crippen molar-refractivity contribution in [1.29, 1.82) is 0 Å². The number of carbonyl (C=O) groups is 1. The van der Waals surface area contributed by atoms with Crippen molar-refractivity contribution >= 4 is 40.5 Å². The van der Waals surface area contributed by atoms with Crippen LogP contribution in [0.1, 0.15) is 10.4 Å². The summed E-state index contributed by atoms with van der Waals surface area (Å²) in [6.45, 7) is 0. The molecule has 0 radical (unpaired) electrons. The van der Waals surface area contributed by atoms with E-state index in [9.17, 15) is 14.9 Å². The van der Waals surface area contributed by atoms with Crippen LogP contribution in [0.2, 0.25) is 10.0 Å². The van der Waals surface area contributed by atoms with Gasteiger partial charge in [-0.15, -0.1) is 0 Å². The van der Waals surface area contributed by atoms with E-state index in [4.69, 9.17) is 27.9 Å². The lowest BCUT2D eigenvalue weighted by Crippen LogP contribution is -2.12. The first-order valence-corrected chi connectivity index (χ1v) is 6.77. The first-order chi connectivity index (χ1) is 10.4. The maximum absolute atomic E-state index is 12.1. The summed E-state index contributed by atoms with van der Waals surface area (Å²) < 4.78 is 5.00. The molecule has 0 saturated carbocycles. The number of nitrogens with zero attached hydrogens (tertiary/aromatic N) is 1. The fourth-order valence-electron chi connectivity index (χ4n) is 1.72. The second-order valence-corrected chi connectivity index (χ2v) is 5.04. The molecular weight excluding hydrogens is 331 g/mol. The number of ether oxygens (including phenoxy) is 1. The highest BCUT2D eigenvalue weighted by Crippen LogP contribution is 2.28. The highest BCUT2D eigenvalue weighted by Gasteiger charge is 2.13. The molecule has 0 unspecified atom stereocenters. The highest BCUT2D eigenvalue weighted by atomic mass is 35.5. The molecule has 0 aliphatic heterocycles. The van der Waals surface area contributed by atoms with Gasteiger partial charge in [-0.2, -0.15) is 0 Å². The second-order valence-electron chi connectivity index (χ2n) is 4.22. The quantitative estimate of drug-likeness (QED) is 0.669. The number of rotatable bonds is 4. The maximum Gasteiger partial charge on any atom is 0.271 e. The molecule has 0 aliphatic carbocycles.